The molecule has 1 aromatic carbocycles. The number of hydrogen-bond acceptors (Lipinski definition) is 5. The first-order valence-corrected chi connectivity index (χ1v) is 11.7. The van der Waals surface area contributed by atoms with E-state index >= 15 is 0 Å². The van der Waals surface area contributed by atoms with Crippen LogP contribution in [0.3, 0.4) is 0 Å². The second-order valence-corrected chi connectivity index (χ2v) is 8.99. The van der Waals surface area contributed by atoms with Crippen molar-refractivity contribution in [2.24, 2.45) is 4.99 Å². The lowest BCUT2D eigenvalue weighted by Gasteiger charge is -2.12. The van der Waals surface area contributed by atoms with Crippen LogP contribution < -0.4 is 20.7 Å². The van der Waals surface area contributed by atoms with E-state index in [4.69, 9.17) is 0 Å². The maximum absolute atomic E-state index is 12.1. The summed E-state index contributed by atoms with van der Waals surface area (Å²) in [6.45, 7) is 3.81. The number of thiophene rings is 1. The van der Waals surface area contributed by atoms with Gasteiger partial charge in [-0.2, -0.15) is 0 Å². The van der Waals surface area contributed by atoms with E-state index in [1.165, 1.54) is 11.3 Å². The lowest BCUT2D eigenvalue weighted by Crippen LogP contribution is -2.39. The average molecular weight is 566 g/mol. The van der Waals surface area contributed by atoms with E-state index in [9.17, 15) is 13.2 Å². The molecule has 1 heterocycles. The highest BCUT2D eigenvalue weighted by molar-refractivity contribution is 14.0. The fourth-order valence-corrected chi connectivity index (χ4v) is 4.57. The van der Waals surface area contributed by atoms with Crippen molar-refractivity contribution in [3.63, 3.8) is 0 Å². The van der Waals surface area contributed by atoms with Gasteiger partial charge in [0.05, 0.1) is 6.54 Å². The number of sulfonamides is 1. The second kappa shape index (κ2) is 13.6. The molecular weight excluding hydrogens is 537 g/mol. The SMILES string of the molecule is CCNC(=NCCNS(=O)(=O)c1cccs1)NCCc1cccc(C(=O)NC)c1.I. The van der Waals surface area contributed by atoms with Crippen molar-refractivity contribution in [3.8, 4) is 0 Å². The zero-order chi connectivity index (χ0) is 21.1. The molecule has 0 bridgehead atoms. The Bertz CT molecular complexity index is 918. The summed E-state index contributed by atoms with van der Waals surface area (Å²) >= 11 is 1.18. The first kappa shape index (κ1) is 26.3. The van der Waals surface area contributed by atoms with Crippen molar-refractivity contribution in [2.75, 3.05) is 33.2 Å². The summed E-state index contributed by atoms with van der Waals surface area (Å²) < 4.78 is 27.0. The highest BCUT2D eigenvalue weighted by atomic mass is 127. The number of carbonyl (C=O) groups is 1. The van der Waals surface area contributed by atoms with Crippen LogP contribution >= 0.6 is 35.3 Å². The van der Waals surface area contributed by atoms with Gasteiger partial charge in [-0.1, -0.05) is 18.2 Å². The molecule has 4 N–H and O–H groups in total. The molecule has 0 aliphatic carbocycles. The smallest absolute Gasteiger partial charge is 0.251 e. The number of rotatable bonds is 10. The fraction of sp³-hybridized carbons (Fsp3) is 0.368. The number of aliphatic imine (C=N–C) groups is 1. The molecule has 0 spiro atoms. The summed E-state index contributed by atoms with van der Waals surface area (Å²) in [4.78, 5) is 16.1. The van der Waals surface area contributed by atoms with Crippen LogP contribution in [-0.4, -0.2) is 53.5 Å². The van der Waals surface area contributed by atoms with Crippen LogP contribution in [0, 0.1) is 0 Å². The molecular formula is C19H28IN5O3S2. The zero-order valence-electron chi connectivity index (χ0n) is 17.0. The van der Waals surface area contributed by atoms with Crippen molar-refractivity contribution in [1.29, 1.82) is 0 Å². The Labute approximate surface area is 199 Å². The number of nitrogens with one attached hydrogen (secondary N) is 4. The molecule has 8 nitrogen and oxygen atoms in total. The molecule has 30 heavy (non-hydrogen) atoms. The van der Waals surface area contributed by atoms with Gasteiger partial charge in [-0.25, -0.2) is 13.1 Å². The van der Waals surface area contributed by atoms with E-state index < -0.39 is 10.0 Å². The van der Waals surface area contributed by atoms with Crippen LogP contribution in [0.5, 0.6) is 0 Å². The van der Waals surface area contributed by atoms with Gasteiger partial charge in [0.1, 0.15) is 4.21 Å². The third-order valence-corrected chi connectivity index (χ3v) is 6.76. The molecule has 166 valence electrons. The van der Waals surface area contributed by atoms with Crippen molar-refractivity contribution in [3.05, 3.63) is 52.9 Å². The van der Waals surface area contributed by atoms with Crippen molar-refractivity contribution < 1.29 is 13.2 Å². The molecule has 0 atom stereocenters. The van der Waals surface area contributed by atoms with Gasteiger partial charge in [-0.3, -0.25) is 9.79 Å². The van der Waals surface area contributed by atoms with Crippen LogP contribution in [0.15, 0.2) is 51.0 Å². The molecule has 2 aromatic rings. The number of amides is 1. The Morgan fingerprint density at radius 2 is 1.93 bits per heavy atom. The molecule has 1 amide bonds. The summed E-state index contributed by atoms with van der Waals surface area (Å²) in [6.07, 6.45) is 0.722. The third kappa shape index (κ3) is 8.58. The van der Waals surface area contributed by atoms with Gasteiger partial charge in [-0.05, 0) is 42.5 Å². The summed E-state index contributed by atoms with van der Waals surface area (Å²) in [5.41, 5.74) is 1.67. The van der Waals surface area contributed by atoms with Gasteiger partial charge in [0.25, 0.3) is 5.91 Å². The number of carbonyl (C=O) groups excluding carboxylic acids is 1. The summed E-state index contributed by atoms with van der Waals surface area (Å²) in [6, 6.07) is 10.7. The van der Waals surface area contributed by atoms with Gasteiger partial charge in [0.2, 0.25) is 10.0 Å². The Balaban J connectivity index is 0.00000450. The molecule has 0 saturated heterocycles. The molecule has 0 fully saturated rings. The molecule has 0 unspecified atom stereocenters. The van der Waals surface area contributed by atoms with Gasteiger partial charge < -0.3 is 16.0 Å². The predicted molar refractivity (Wildman–Crippen MR) is 132 cm³/mol. The second-order valence-electron chi connectivity index (χ2n) is 6.05. The lowest BCUT2D eigenvalue weighted by atomic mass is 10.1. The summed E-state index contributed by atoms with van der Waals surface area (Å²) in [7, 11) is -1.86. The summed E-state index contributed by atoms with van der Waals surface area (Å²) in [5.74, 6) is 0.505. The molecule has 0 aliphatic rings. The minimum absolute atomic E-state index is 0. The van der Waals surface area contributed by atoms with Crippen molar-refractivity contribution in [1.82, 2.24) is 20.7 Å². The molecule has 11 heteroatoms. The van der Waals surface area contributed by atoms with Gasteiger partial charge in [0.15, 0.2) is 5.96 Å². The highest BCUT2D eigenvalue weighted by Crippen LogP contribution is 2.14. The molecule has 2 rings (SSSR count). The van der Waals surface area contributed by atoms with Crippen LogP contribution in [0.1, 0.15) is 22.8 Å². The Hall–Kier alpha value is -1.70. The highest BCUT2D eigenvalue weighted by Gasteiger charge is 2.13. The van der Waals surface area contributed by atoms with Gasteiger partial charge >= 0.3 is 0 Å². The van der Waals surface area contributed by atoms with E-state index in [1.807, 2.05) is 25.1 Å². The Kier molecular flexibility index (Phi) is 11.9. The number of guanidine groups is 1. The Morgan fingerprint density at radius 1 is 1.13 bits per heavy atom. The average Bonchev–Trinajstić information content (AvgIpc) is 3.27. The standard InChI is InChI=1S/C19H27N5O3S2.HI/c1-3-21-19(23-11-12-24-29(26,27)17-8-5-13-28-17)22-10-9-15-6-4-7-16(14-15)18(25)20-2;/h4-8,13-14,24H,3,9-12H2,1-2H3,(H,20,25)(H2,21,22,23);1H. The number of halogens is 1. The third-order valence-electron chi connectivity index (χ3n) is 3.90. The monoisotopic (exact) mass is 565 g/mol. The van der Waals surface area contributed by atoms with Crippen LogP contribution in [-0.2, 0) is 16.4 Å². The number of nitrogens with zero attached hydrogens (tertiary/aromatic N) is 1. The van der Waals surface area contributed by atoms with Crippen molar-refractivity contribution >= 4 is 57.2 Å². The van der Waals surface area contributed by atoms with E-state index in [0.717, 1.165) is 12.0 Å². The zero-order valence-corrected chi connectivity index (χ0v) is 20.9. The maximum Gasteiger partial charge on any atom is 0.251 e. The predicted octanol–water partition coefficient (Wildman–Crippen LogP) is 1.80. The molecule has 0 saturated carbocycles. The van der Waals surface area contributed by atoms with E-state index in [1.54, 1.807) is 30.6 Å². The molecule has 1 aromatic heterocycles. The topological polar surface area (TPSA) is 112 Å². The first-order chi connectivity index (χ1) is 14.0. The van der Waals surface area contributed by atoms with E-state index in [2.05, 4.69) is 25.7 Å². The molecule has 0 aliphatic heterocycles. The van der Waals surface area contributed by atoms with E-state index in [0.29, 0.717) is 35.4 Å². The largest absolute Gasteiger partial charge is 0.357 e. The van der Waals surface area contributed by atoms with Crippen LogP contribution in [0.2, 0.25) is 0 Å². The van der Waals surface area contributed by atoms with E-state index in [-0.39, 0.29) is 36.4 Å². The minimum Gasteiger partial charge on any atom is -0.357 e. The van der Waals surface area contributed by atoms with Gasteiger partial charge in [-0.15, -0.1) is 35.3 Å². The number of benzene rings is 1. The fourth-order valence-electron chi connectivity index (χ4n) is 2.51. The van der Waals surface area contributed by atoms with Crippen molar-refractivity contribution in [2.45, 2.75) is 17.6 Å². The Morgan fingerprint density at radius 3 is 2.60 bits per heavy atom. The molecule has 0 radical (unpaired) electrons. The van der Waals surface area contributed by atoms with Crippen LogP contribution in [0.25, 0.3) is 0 Å². The van der Waals surface area contributed by atoms with Crippen LogP contribution in [0.4, 0.5) is 0 Å². The maximum atomic E-state index is 12.1. The normalized spacial score (nSPS) is 11.5. The van der Waals surface area contributed by atoms with Gasteiger partial charge in [0, 0.05) is 32.2 Å². The lowest BCUT2D eigenvalue weighted by molar-refractivity contribution is 0.0963. The first-order valence-electron chi connectivity index (χ1n) is 9.32. The quantitative estimate of drug-likeness (QED) is 0.152. The summed E-state index contributed by atoms with van der Waals surface area (Å²) in [5, 5.41) is 10.7. The number of hydrogen-bond donors (Lipinski definition) is 4. The minimum atomic E-state index is -3.47.